The van der Waals surface area contributed by atoms with Crippen molar-refractivity contribution in [3.63, 3.8) is 0 Å². The SMILES string of the molecule is CC[C@H]1[C@H](/C=C/c2ccc(-c3ccccc3)cn2)[C@@H]2[C@@H](C)OC(=O)[C@]2(F)C[C@@H]1C. The normalized spacial score (nSPS) is 34.2. The molecule has 152 valence electrons. The summed E-state index contributed by atoms with van der Waals surface area (Å²) in [6, 6.07) is 14.2. The van der Waals surface area contributed by atoms with Crippen molar-refractivity contribution in [2.75, 3.05) is 0 Å². The zero-order valence-corrected chi connectivity index (χ0v) is 17.2. The summed E-state index contributed by atoms with van der Waals surface area (Å²) in [6.45, 7) is 6.01. The van der Waals surface area contributed by atoms with E-state index in [1.165, 1.54) is 0 Å². The van der Waals surface area contributed by atoms with Crippen LogP contribution in [0.15, 0.2) is 54.7 Å². The molecular formula is C25H28FNO2. The summed E-state index contributed by atoms with van der Waals surface area (Å²) in [4.78, 5) is 16.8. The molecule has 0 amide bonds. The number of hydrogen-bond acceptors (Lipinski definition) is 3. The van der Waals surface area contributed by atoms with E-state index in [4.69, 9.17) is 4.74 Å². The van der Waals surface area contributed by atoms with Crippen LogP contribution in [0.2, 0.25) is 0 Å². The van der Waals surface area contributed by atoms with Gasteiger partial charge in [0.05, 0.1) is 5.69 Å². The Balaban J connectivity index is 1.60. The van der Waals surface area contributed by atoms with Crippen LogP contribution in [0.25, 0.3) is 17.2 Å². The zero-order valence-electron chi connectivity index (χ0n) is 17.2. The minimum absolute atomic E-state index is 0.0502. The number of benzene rings is 1. The van der Waals surface area contributed by atoms with E-state index in [0.717, 1.165) is 23.2 Å². The second-order valence-electron chi connectivity index (χ2n) is 8.53. The average molecular weight is 394 g/mol. The van der Waals surface area contributed by atoms with E-state index in [1.54, 1.807) is 0 Å². The van der Waals surface area contributed by atoms with Gasteiger partial charge in [-0.3, -0.25) is 4.98 Å². The van der Waals surface area contributed by atoms with E-state index < -0.39 is 23.7 Å². The van der Waals surface area contributed by atoms with Crippen LogP contribution in [0, 0.1) is 23.7 Å². The number of pyridine rings is 1. The number of carbonyl (C=O) groups is 1. The first-order valence-corrected chi connectivity index (χ1v) is 10.5. The van der Waals surface area contributed by atoms with Gasteiger partial charge in [-0.15, -0.1) is 0 Å². The third-order valence-electron chi connectivity index (χ3n) is 6.78. The minimum Gasteiger partial charge on any atom is -0.460 e. The molecule has 4 heteroatoms. The number of carbonyl (C=O) groups excluding carboxylic acids is 1. The molecule has 0 bridgehead atoms. The number of ether oxygens (including phenoxy) is 1. The number of cyclic esters (lactones) is 1. The smallest absolute Gasteiger partial charge is 0.344 e. The van der Waals surface area contributed by atoms with Crippen molar-refractivity contribution < 1.29 is 13.9 Å². The molecule has 1 saturated carbocycles. The van der Waals surface area contributed by atoms with Crippen molar-refractivity contribution in [1.82, 2.24) is 4.98 Å². The summed E-state index contributed by atoms with van der Waals surface area (Å²) in [5, 5.41) is 0. The standard InChI is InChI=1S/C25H28FNO2/c1-4-21-16(2)14-25(26)23(17(3)29-24(25)28)22(21)13-12-20-11-10-19(15-27-20)18-8-6-5-7-9-18/h5-13,15-17,21-23H,4,14H2,1-3H3/b13-12+/t16-,17+,21+,22-,23-,25-/m0/s1. The topological polar surface area (TPSA) is 39.2 Å². The Morgan fingerprint density at radius 2 is 1.93 bits per heavy atom. The second-order valence-corrected chi connectivity index (χ2v) is 8.53. The lowest BCUT2D eigenvalue weighted by atomic mass is 9.59. The van der Waals surface area contributed by atoms with Crippen LogP contribution in [0.4, 0.5) is 4.39 Å². The van der Waals surface area contributed by atoms with Gasteiger partial charge in [-0.2, -0.15) is 0 Å². The number of hydrogen-bond donors (Lipinski definition) is 0. The van der Waals surface area contributed by atoms with Gasteiger partial charge in [0.1, 0.15) is 6.10 Å². The van der Waals surface area contributed by atoms with Crippen molar-refractivity contribution >= 4 is 12.0 Å². The largest absolute Gasteiger partial charge is 0.460 e. The molecule has 4 rings (SSSR count). The quantitative estimate of drug-likeness (QED) is 0.624. The molecule has 3 nitrogen and oxygen atoms in total. The maximum atomic E-state index is 15.7. The number of halogens is 1. The minimum atomic E-state index is -1.87. The fourth-order valence-electron chi connectivity index (χ4n) is 5.40. The lowest BCUT2D eigenvalue weighted by Gasteiger charge is -2.44. The molecule has 6 atom stereocenters. The van der Waals surface area contributed by atoms with E-state index in [0.29, 0.717) is 5.92 Å². The average Bonchev–Trinajstić information content (AvgIpc) is 2.95. The van der Waals surface area contributed by atoms with E-state index in [1.807, 2.05) is 49.5 Å². The van der Waals surface area contributed by atoms with E-state index in [2.05, 4.69) is 37.0 Å². The Hall–Kier alpha value is -2.49. The van der Waals surface area contributed by atoms with Gasteiger partial charge in [-0.05, 0) is 48.8 Å². The van der Waals surface area contributed by atoms with Gasteiger partial charge < -0.3 is 4.74 Å². The lowest BCUT2D eigenvalue weighted by molar-refractivity contribution is -0.152. The number of rotatable bonds is 4. The Morgan fingerprint density at radius 3 is 2.59 bits per heavy atom. The summed E-state index contributed by atoms with van der Waals surface area (Å²) in [5.41, 5.74) is 1.15. The van der Waals surface area contributed by atoms with Crippen LogP contribution < -0.4 is 0 Å². The third-order valence-corrected chi connectivity index (χ3v) is 6.78. The lowest BCUT2D eigenvalue weighted by Crippen LogP contribution is -2.50. The molecule has 0 unspecified atom stereocenters. The number of alkyl halides is 1. The van der Waals surface area contributed by atoms with Crippen molar-refractivity contribution in [3.8, 4) is 11.1 Å². The highest BCUT2D eigenvalue weighted by atomic mass is 19.1. The predicted molar refractivity (Wildman–Crippen MR) is 113 cm³/mol. The van der Waals surface area contributed by atoms with Gasteiger partial charge in [0.25, 0.3) is 0 Å². The highest BCUT2D eigenvalue weighted by molar-refractivity contribution is 5.83. The van der Waals surface area contributed by atoms with E-state index in [9.17, 15) is 4.79 Å². The van der Waals surface area contributed by atoms with Crippen LogP contribution in [0.5, 0.6) is 0 Å². The molecule has 1 aliphatic heterocycles. The van der Waals surface area contributed by atoms with Crippen LogP contribution in [0.1, 0.15) is 39.3 Å². The van der Waals surface area contributed by atoms with Crippen molar-refractivity contribution in [2.24, 2.45) is 23.7 Å². The summed E-state index contributed by atoms with van der Waals surface area (Å²) in [6.07, 6.45) is 6.69. The van der Waals surface area contributed by atoms with E-state index >= 15 is 4.39 Å². The molecule has 1 aromatic carbocycles. The highest BCUT2D eigenvalue weighted by Crippen LogP contribution is 2.54. The monoisotopic (exact) mass is 393 g/mol. The van der Waals surface area contributed by atoms with Gasteiger partial charge in [-0.1, -0.05) is 62.7 Å². The Bertz CT molecular complexity index is 895. The molecule has 2 fully saturated rings. The molecule has 0 N–H and O–H groups in total. The first kappa shape index (κ1) is 19.8. The van der Waals surface area contributed by atoms with Crippen molar-refractivity contribution in [2.45, 2.75) is 45.4 Å². The fourth-order valence-corrected chi connectivity index (χ4v) is 5.40. The maximum absolute atomic E-state index is 15.7. The molecule has 1 saturated heterocycles. The highest BCUT2D eigenvalue weighted by Gasteiger charge is 2.63. The molecule has 0 spiro atoms. The second kappa shape index (κ2) is 7.74. The molecule has 1 aromatic heterocycles. The summed E-state index contributed by atoms with van der Waals surface area (Å²) >= 11 is 0. The molecule has 29 heavy (non-hydrogen) atoms. The molecule has 2 heterocycles. The summed E-state index contributed by atoms with van der Waals surface area (Å²) in [7, 11) is 0. The first-order valence-electron chi connectivity index (χ1n) is 10.5. The molecule has 1 aliphatic carbocycles. The first-order chi connectivity index (χ1) is 13.9. The van der Waals surface area contributed by atoms with Crippen LogP contribution in [-0.4, -0.2) is 22.7 Å². The Morgan fingerprint density at radius 1 is 1.17 bits per heavy atom. The van der Waals surface area contributed by atoms with Gasteiger partial charge >= 0.3 is 5.97 Å². The van der Waals surface area contributed by atoms with Crippen molar-refractivity contribution in [3.05, 3.63) is 60.4 Å². The van der Waals surface area contributed by atoms with Gasteiger partial charge in [-0.25, -0.2) is 9.18 Å². The van der Waals surface area contributed by atoms with Gasteiger partial charge in [0, 0.05) is 17.7 Å². The molecule has 0 radical (unpaired) electrons. The number of fused-ring (bicyclic) bond motifs is 1. The van der Waals surface area contributed by atoms with Crippen LogP contribution >= 0.6 is 0 Å². The third kappa shape index (κ3) is 3.50. The number of allylic oxidation sites excluding steroid dienone is 1. The fraction of sp³-hybridized carbons (Fsp3) is 0.440. The maximum Gasteiger partial charge on any atom is 0.344 e. The summed E-state index contributed by atoms with van der Waals surface area (Å²) < 4.78 is 21.0. The molecule has 2 aliphatic rings. The van der Waals surface area contributed by atoms with Crippen LogP contribution in [0.3, 0.4) is 0 Å². The predicted octanol–water partition coefficient (Wildman–Crippen LogP) is 5.71. The number of nitrogens with zero attached hydrogens (tertiary/aromatic N) is 1. The van der Waals surface area contributed by atoms with Crippen molar-refractivity contribution in [1.29, 1.82) is 0 Å². The Kier molecular flexibility index (Phi) is 5.28. The van der Waals surface area contributed by atoms with Gasteiger partial charge in [0.15, 0.2) is 0 Å². The Labute approximate surface area is 172 Å². The number of esters is 1. The van der Waals surface area contributed by atoms with Crippen LogP contribution in [-0.2, 0) is 9.53 Å². The molecule has 2 aromatic rings. The summed E-state index contributed by atoms with van der Waals surface area (Å²) in [5.74, 6) is -0.718. The number of aromatic nitrogens is 1. The van der Waals surface area contributed by atoms with E-state index in [-0.39, 0.29) is 18.3 Å². The zero-order chi connectivity index (χ0) is 20.6. The molecular weight excluding hydrogens is 365 g/mol. The van der Waals surface area contributed by atoms with Gasteiger partial charge in [0.2, 0.25) is 5.67 Å².